The van der Waals surface area contributed by atoms with Gasteiger partial charge < -0.3 is 14.3 Å². The van der Waals surface area contributed by atoms with Gasteiger partial charge in [0.2, 0.25) is 5.39 Å². The van der Waals surface area contributed by atoms with Gasteiger partial charge in [-0.15, -0.1) is 0 Å². The fourth-order valence-electron chi connectivity index (χ4n) is 2.62. The molecule has 1 N–H and O–H groups in total. The molecule has 1 aromatic rings. The summed E-state index contributed by atoms with van der Waals surface area (Å²) in [6.07, 6.45) is 5.14. The van der Waals surface area contributed by atoms with E-state index in [1.807, 2.05) is 0 Å². The van der Waals surface area contributed by atoms with Gasteiger partial charge in [-0.1, -0.05) is 19.3 Å². The van der Waals surface area contributed by atoms with Crippen LogP contribution in [0, 0.1) is 5.39 Å². The van der Waals surface area contributed by atoms with Gasteiger partial charge in [0.25, 0.3) is 0 Å². The van der Waals surface area contributed by atoms with Crippen LogP contribution in [-0.4, -0.2) is 64.4 Å². The van der Waals surface area contributed by atoms with Crippen molar-refractivity contribution in [1.29, 1.82) is 5.39 Å². The van der Waals surface area contributed by atoms with Gasteiger partial charge in [0.15, 0.2) is 11.0 Å². The summed E-state index contributed by atoms with van der Waals surface area (Å²) >= 11 is 0. The van der Waals surface area contributed by atoms with E-state index in [0.717, 1.165) is 48.8 Å². The van der Waals surface area contributed by atoms with Crippen LogP contribution in [0.15, 0.2) is 29.3 Å². The number of diazo groups is 1. The molecule has 1 atom stereocenters. The number of aliphatic imine (C=N–C) groups is 1. The predicted molar refractivity (Wildman–Crippen MR) is 112 cm³/mol. The van der Waals surface area contributed by atoms with E-state index < -0.39 is 0 Å². The Labute approximate surface area is 174 Å². The molecule has 0 aromatic heterocycles. The molecule has 1 unspecified atom stereocenters. The number of rotatable bonds is 12. The number of benzene rings is 1. The summed E-state index contributed by atoms with van der Waals surface area (Å²) in [4.78, 5) is 19.4. The molecule has 0 spiro atoms. The molecule has 0 aliphatic carbocycles. The minimum absolute atomic E-state index is 0.120. The van der Waals surface area contributed by atoms with E-state index >= 15 is 0 Å². The minimum Gasteiger partial charge on any atom is -0.815 e. The van der Waals surface area contributed by atoms with Gasteiger partial charge in [-0.3, -0.25) is 9.69 Å². The average Bonchev–Trinajstić information content (AvgIpc) is 2.68. The molecule has 0 fully saturated rings. The van der Waals surface area contributed by atoms with Crippen molar-refractivity contribution in [3.63, 3.8) is 0 Å². The van der Waals surface area contributed by atoms with E-state index in [9.17, 15) is 9.90 Å². The summed E-state index contributed by atoms with van der Waals surface area (Å²) in [7, 11) is 7.95. The second kappa shape index (κ2) is 12.9. The number of likely N-dealkylation sites (N-methyl/N-ethyl adjacent to an activating group) is 1. The SMILES string of the molecule is C[NH+](C([O-])=NCCCCCCCC(=O)OCC[N+](C)(C)C)c1ccc([N+]#N)cc1. The molecule has 160 valence electrons. The Morgan fingerprint density at radius 2 is 1.76 bits per heavy atom. The molecule has 8 heteroatoms. The summed E-state index contributed by atoms with van der Waals surface area (Å²) in [5.41, 5.74) is 1.22. The Kier molecular flexibility index (Phi) is 10.9. The third kappa shape index (κ3) is 11.2. The van der Waals surface area contributed by atoms with Crippen molar-refractivity contribution in [3.05, 3.63) is 29.2 Å². The van der Waals surface area contributed by atoms with Crippen molar-refractivity contribution in [2.24, 2.45) is 4.99 Å². The standard InChI is InChI=1S/C21H34N5O3/c1-25(19-13-11-18(24-22)12-14-19)21(28)23-15-9-7-5-6-8-10-20(27)29-17-16-26(2,3)4/h11-14H,5-10,15-17H2,1-4H3/q+1/p+1. The number of ether oxygens (including phenoxy) is 1. The molecule has 0 aliphatic rings. The summed E-state index contributed by atoms with van der Waals surface area (Å²) < 4.78 is 6.02. The normalized spacial score (nSPS) is 13.0. The zero-order valence-corrected chi connectivity index (χ0v) is 18.2. The first-order valence-corrected chi connectivity index (χ1v) is 10.2. The second-order valence-electron chi connectivity index (χ2n) is 8.21. The summed E-state index contributed by atoms with van der Waals surface area (Å²) in [5.74, 6) is -0.120. The van der Waals surface area contributed by atoms with Gasteiger partial charge in [0, 0.05) is 37.2 Å². The number of carbonyl (C=O) groups excluding carboxylic acids is 1. The number of unbranched alkanes of at least 4 members (excludes halogenated alkanes) is 4. The highest BCUT2D eigenvalue weighted by molar-refractivity contribution is 5.69. The van der Waals surface area contributed by atoms with Crippen LogP contribution in [0.4, 0.5) is 11.4 Å². The van der Waals surface area contributed by atoms with E-state index in [1.165, 1.54) is 0 Å². The Hall–Kier alpha value is -2.50. The van der Waals surface area contributed by atoms with Crippen LogP contribution in [0.2, 0.25) is 0 Å². The molecule has 0 aliphatic heterocycles. The Bertz CT molecular complexity index is 690. The van der Waals surface area contributed by atoms with Crippen LogP contribution >= 0.6 is 0 Å². The minimum atomic E-state index is -0.213. The lowest BCUT2D eigenvalue weighted by Crippen LogP contribution is -3.09. The fourth-order valence-corrected chi connectivity index (χ4v) is 2.62. The number of nitrogens with one attached hydrogen (secondary N) is 1. The van der Waals surface area contributed by atoms with Gasteiger partial charge in [-0.05, 0) is 12.8 Å². The summed E-state index contributed by atoms with van der Waals surface area (Å²) in [5, 5.41) is 20.8. The number of amidine groups is 1. The molecule has 1 aromatic carbocycles. The third-order valence-corrected chi connectivity index (χ3v) is 4.56. The summed E-state index contributed by atoms with van der Waals surface area (Å²) in [6, 6.07) is 6.56. The van der Waals surface area contributed by atoms with Crippen LogP contribution in [-0.2, 0) is 9.53 Å². The Morgan fingerprint density at radius 3 is 2.38 bits per heavy atom. The molecule has 0 saturated heterocycles. The van der Waals surface area contributed by atoms with Crippen LogP contribution < -0.4 is 10.0 Å². The largest absolute Gasteiger partial charge is 0.815 e. The molecular formula is C21H35N5O3+2. The highest BCUT2D eigenvalue weighted by Crippen LogP contribution is 2.13. The molecule has 8 nitrogen and oxygen atoms in total. The maximum atomic E-state index is 12.1. The molecule has 29 heavy (non-hydrogen) atoms. The van der Waals surface area contributed by atoms with E-state index in [1.54, 1.807) is 31.3 Å². The maximum absolute atomic E-state index is 12.1. The fraction of sp³-hybridized carbons (Fsp3) is 0.619. The number of quaternary nitrogens is 2. The zero-order chi connectivity index (χ0) is 21.7. The van der Waals surface area contributed by atoms with Crippen LogP contribution in [0.5, 0.6) is 0 Å². The van der Waals surface area contributed by atoms with Crippen molar-refractivity contribution in [2.75, 3.05) is 47.9 Å². The number of carbonyl (C=O) groups is 1. The smallest absolute Gasteiger partial charge is 0.385 e. The second-order valence-corrected chi connectivity index (χ2v) is 8.21. The van der Waals surface area contributed by atoms with Crippen molar-refractivity contribution >= 4 is 23.4 Å². The van der Waals surface area contributed by atoms with Crippen molar-refractivity contribution in [2.45, 2.75) is 38.5 Å². The van der Waals surface area contributed by atoms with Gasteiger partial charge in [-0.2, -0.15) is 0 Å². The molecule has 0 amide bonds. The van der Waals surface area contributed by atoms with Crippen LogP contribution in [0.25, 0.3) is 4.98 Å². The highest BCUT2D eigenvalue weighted by Gasteiger charge is 2.11. The monoisotopic (exact) mass is 405 g/mol. The number of nitrogens with zero attached hydrogens (tertiary/aromatic N) is 4. The zero-order valence-electron chi connectivity index (χ0n) is 18.2. The van der Waals surface area contributed by atoms with E-state index in [-0.39, 0.29) is 12.0 Å². The number of hydrogen-bond donors (Lipinski definition) is 1. The van der Waals surface area contributed by atoms with Crippen molar-refractivity contribution in [1.82, 2.24) is 0 Å². The van der Waals surface area contributed by atoms with Gasteiger partial charge in [0.05, 0.1) is 28.2 Å². The van der Waals surface area contributed by atoms with E-state index in [2.05, 4.69) is 31.1 Å². The lowest BCUT2D eigenvalue weighted by Gasteiger charge is -2.23. The first kappa shape index (κ1) is 24.5. The average molecular weight is 406 g/mol. The van der Waals surface area contributed by atoms with E-state index in [0.29, 0.717) is 30.2 Å². The lowest BCUT2D eigenvalue weighted by atomic mass is 10.1. The van der Waals surface area contributed by atoms with Gasteiger partial charge >= 0.3 is 11.7 Å². The Morgan fingerprint density at radius 1 is 1.14 bits per heavy atom. The molecular weight excluding hydrogens is 370 g/mol. The van der Waals surface area contributed by atoms with Gasteiger partial charge in [0.1, 0.15) is 18.8 Å². The molecule has 0 saturated carbocycles. The quantitative estimate of drug-likeness (QED) is 0.143. The topological polar surface area (TPSA) is 94.3 Å². The molecule has 0 bridgehead atoms. The maximum Gasteiger partial charge on any atom is 0.385 e. The van der Waals surface area contributed by atoms with Crippen molar-refractivity contribution < 1.29 is 24.0 Å². The van der Waals surface area contributed by atoms with Crippen LogP contribution in [0.1, 0.15) is 38.5 Å². The first-order valence-electron chi connectivity index (χ1n) is 10.2. The first-order chi connectivity index (χ1) is 13.7. The Balaban J connectivity index is 2.12. The van der Waals surface area contributed by atoms with E-state index in [4.69, 9.17) is 10.1 Å². The predicted octanol–water partition coefficient (Wildman–Crippen LogP) is 1.62. The molecule has 1 rings (SSSR count). The molecule has 0 radical (unpaired) electrons. The number of esters is 1. The van der Waals surface area contributed by atoms with Crippen LogP contribution in [0.3, 0.4) is 0 Å². The number of hydrogen-bond acceptors (Lipinski definition) is 5. The lowest BCUT2D eigenvalue weighted by molar-refractivity contribution is -0.870. The molecule has 0 heterocycles. The summed E-state index contributed by atoms with van der Waals surface area (Å²) in [6.45, 7) is 1.79. The van der Waals surface area contributed by atoms with Gasteiger partial charge in [-0.25, -0.2) is 4.99 Å². The van der Waals surface area contributed by atoms with Crippen molar-refractivity contribution in [3.8, 4) is 0 Å². The highest BCUT2D eigenvalue weighted by atomic mass is 16.5. The third-order valence-electron chi connectivity index (χ3n) is 4.56.